The van der Waals surface area contributed by atoms with Crippen LogP contribution in [-0.4, -0.2) is 25.2 Å². The molecule has 2 aliphatic heterocycles. The summed E-state index contributed by atoms with van der Waals surface area (Å²) in [5.41, 5.74) is 1.60. The third-order valence-corrected chi connectivity index (χ3v) is 6.06. The van der Waals surface area contributed by atoms with Crippen LogP contribution in [0.5, 0.6) is 11.5 Å². The van der Waals surface area contributed by atoms with Gasteiger partial charge in [0, 0.05) is 24.7 Å². The van der Waals surface area contributed by atoms with E-state index in [1.54, 1.807) is 17.0 Å². The van der Waals surface area contributed by atoms with Crippen molar-refractivity contribution in [3.05, 3.63) is 54.1 Å². The Morgan fingerprint density at radius 2 is 1.86 bits per heavy atom. The van der Waals surface area contributed by atoms with E-state index < -0.39 is 0 Å². The molecule has 2 aromatic carbocycles. The highest BCUT2D eigenvalue weighted by Crippen LogP contribution is 2.42. The van der Waals surface area contributed by atoms with E-state index in [2.05, 4.69) is 17.4 Å². The molecule has 144 valence electrons. The second-order valence-corrected chi connectivity index (χ2v) is 7.73. The third-order valence-electron chi connectivity index (χ3n) is 6.06. The van der Waals surface area contributed by atoms with E-state index >= 15 is 0 Å². The lowest BCUT2D eigenvalue weighted by molar-refractivity contribution is -0.129. The quantitative estimate of drug-likeness (QED) is 0.888. The SMILES string of the molecule is O=C(NC1(c2ccccc2)CCC1)C1CC(=O)N(c2ccc3c(c2)OCO3)C1. The number of fused-ring (bicyclic) bond motifs is 1. The molecule has 2 aromatic rings. The molecule has 0 bridgehead atoms. The average molecular weight is 378 g/mol. The first-order valence-electron chi connectivity index (χ1n) is 9.72. The predicted octanol–water partition coefficient (Wildman–Crippen LogP) is 2.96. The van der Waals surface area contributed by atoms with Crippen LogP contribution in [0.3, 0.4) is 0 Å². The first-order valence-corrected chi connectivity index (χ1v) is 9.72. The Bertz CT molecular complexity index is 923. The summed E-state index contributed by atoms with van der Waals surface area (Å²) >= 11 is 0. The number of nitrogens with one attached hydrogen (secondary N) is 1. The molecule has 0 radical (unpaired) electrons. The summed E-state index contributed by atoms with van der Waals surface area (Å²) < 4.78 is 10.7. The van der Waals surface area contributed by atoms with Gasteiger partial charge < -0.3 is 19.7 Å². The molecule has 1 unspecified atom stereocenters. The van der Waals surface area contributed by atoms with Gasteiger partial charge in [0.25, 0.3) is 0 Å². The van der Waals surface area contributed by atoms with Gasteiger partial charge in [-0.15, -0.1) is 0 Å². The summed E-state index contributed by atoms with van der Waals surface area (Å²) in [5, 5.41) is 3.26. The summed E-state index contributed by atoms with van der Waals surface area (Å²) in [6.45, 7) is 0.578. The van der Waals surface area contributed by atoms with Gasteiger partial charge in [0.15, 0.2) is 11.5 Å². The zero-order valence-corrected chi connectivity index (χ0v) is 15.5. The summed E-state index contributed by atoms with van der Waals surface area (Å²) in [5.74, 6) is 0.885. The lowest BCUT2D eigenvalue weighted by atomic mass is 9.71. The number of carbonyl (C=O) groups excluding carboxylic acids is 2. The van der Waals surface area contributed by atoms with Crippen molar-refractivity contribution in [3.8, 4) is 11.5 Å². The zero-order valence-electron chi connectivity index (χ0n) is 15.5. The predicted molar refractivity (Wildman–Crippen MR) is 103 cm³/mol. The molecule has 1 atom stereocenters. The minimum Gasteiger partial charge on any atom is -0.454 e. The van der Waals surface area contributed by atoms with E-state index in [1.807, 2.05) is 24.3 Å². The zero-order chi connectivity index (χ0) is 19.1. The second kappa shape index (κ2) is 6.55. The fraction of sp³-hybridized carbons (Fsp3) is 0.364. The summed E-state index contributed by atoms with van der Waals surface area (Å²) in [4.78, 5) is 27.3. The van der Waals surface area contributed by atoms with Gasteiger partial charge in [-0.25, -0.2) is 0 Å². The Hall–Kier alpha value is -3.02. The Morgan fingerprint density at radius 3 is 2.61 bits per heavy atom. The first-order chi connectivity index (χ1) is 13.6. The van der Waals surface area contributed by atoms with E-state index in [-0.39, 0.29) is 36.5 Å². The van der Waals surface area contributed by atoms with Crippen LogP contribution in [0.1, 0.15) is 31.2 Å². The number of anilines is 1. The van der Waals surface area contributed by atoms with E-state index in [1.165, 1.54) is 0 Å². The molecule has 2 fully saturated rings. The highest BCUT2D eigenvalue weighted by molar-refractivity contribution is 6.00. The van der Waals surface area contributed by atoms with E-state index in [0.29, 0.717) is 18.0 Å². The van der Waals surface area contributed by atoms with Crippen LogP contribution in [0, 0.1) is 5.92 Å². The lowest BCUT2D eigenvalue weighted by Gasteiger charge is -2.43. The highest BCUT2D eigenvalue weighted by Gasteiger charge is 2.43. The molecule has 1 saturated heterocycles. The number of amides is 2. The molecule has 5 rings (SSSR count). The first kappa shape index (κ1) is 17.1. The topological polar surface area (TPSA) is 67.9 Å². The third kappa shape index (κ3) is 2.80. The van der Waals surface area contributed by atoms with Crippen molar-refractivity contribution in [3.63, 3.8) is 0 Å². The number of hydrogen-bond acceptors (Lipinski definition) is 4. The lowest BCUT2D eigenvalue weighted by Crippen LogP contribution is -2.52. The van der Waals surface area contributed by atoms with E-state index in [9.17, 15) is 9.59 Å². The molecule has 2 amide bonds. The van der Waals surface area contributed by atoms with Crippen molar-refractivity contribution in [2.45, 2.75) is 31.2 Å². The molecule has 28 heavy (non-hydrogen) atoms. The monoisotopic (exact) mass is 378 g/mol. The van der Waals surface area contributed by atoms with E-state index in [4.69, 9.17) is 9.47 Å². The van der Waals surface area contributed by atoms with E-state index in [0.717, 1.165) is 30.5 Å². The van der Waals surface area contributed by atoms with Gasteiger partial charge in [-0.3, -0.25) is 9.59 Å². The van der Waals surface area contributed by atoms with Crippen LogP contribution < -0.4 is 19.7 Å². The maximum atomic E-state index is 13.0. The smallest absolute Gasteiger partial charge is 0.231 e. The second-order valence-electron chi connectivity index (χ2n) is 7.73. The Kier molecular flexibility index (Phi) is 4.00. The minimum absolute atomic E-state index is 0.0404. The molecule has 2 heterocycles. The largest absolute Gasteiger partial charge is 0.454 e. The van der Waals surface area contributed by atoms with Crippen molar-refractivity contribution in [1.29, 1.82) is 0 Å². The van der Waals surface area contributed by atoms with Crippen LogP contribution in [0.25, 0.3) is 0 Å². The van der Waals surface area contributed by atoms with Crippen LogP contribution in [0.4, 0.5) is 5.69 Å². The minimum atomic E-state index is -0.348. The number of carbonyl (C=O) groups is 2. The fourth-order valence-corrected chi connectivity index (χ4v) is 4.30. The van der Waals surface area contributed by atoms with Gasteiger partial charge in [-0.1, -0.05) is 30.3 Å². The van der Waals surface area contributed by atoms with Gasteiger partial charge in [0.2, 0.25) is 18.6 Å². The molecular weight excluding hydrogens is 356 g/mol. The Balaban J connectivity index is 1.31. The normalized spacial score (nSPS) is 22.1. The molecule has 6 nitrogen and oxygen atoms in total. The Labute approximate surface area is 163 Å². The summed E-state index contributed by atoms with van der Waals surface area (Å²) in [6, 6.07) is 15.6. The van der Waals surface area contributed by atoms with Crippen molar-refractivity contribution < 1.29 is 19.1 Å². The summed E-state index contributed by atoms with van der Waals surface area (Å²) in [7, 11) is 0. The molecule has 1 saturated carbocycles. The van der Waals surface area contributed by atoms with Crippen molar-refractivity contribution in [2.75, 3.05) is 18.2 Å². The standard InChI is InChI=1S/C22H22N2O4/c25-20-11-15(13-24(20)17-7-8-18-19(12-17)28-14-27-18)21(26)23-22(9-4-10-22)16-5-2-1-3-6-16/h1-3,5-8,12,15H,4,9-11,13-14H2,(H,23,26). The molecule has 1 aliphatic carbocycles. The number of ether oxygens (including phenoxy) is 2. The Morgan fingerprint density at radius 1 is 1.07 bits per heavy atom. The molecular formula is C22H22N2O4. The number of rotatable bonds is 4. The molecule has 0 aromatic heterocycles. The van der Waals surface area contributed by atoms with Crippen LogP contribution >= 0.6 is 0 Å². The average Bonchev–Trinajstić information content (AvgIpc) is 3.31. The number of nitrogens with zero attached hydrogens (tertiary/aromatic N) is 1. The molecule has 6 heteroatoms. The van der Waals surface area contributed by atoms with Crippen LogP contribution in [-0.2, 0) is 15.1 Å². The van der Waals surface area contributed by atoms with Gasteiger partial charge in [0.1, 0.15) is 0 Å². The maximum Gasteiger partial charge on any atom is 0.231 e. The maximum absolute atomic E-state index is 13.0. The molecule has 0 spiro atoms. The van der Waals surface area contributed by atoms with Gasteiger partial charge in [0.05, 0.1) is 11.5 Å². The molecule has 1 N–H and O–H groups in total. The van der Waals surface area contributed by atoms with Crippen molar-refractivity contribution >= 4 is 17.5 Å². The summed E-state index contributed by atoms with van der Waals surface area (Å²) in [6.07, 6.45) is 3.21. The van der Waals surface area contributed by atoms with Crippen molar-refractivity contribution in [2.24, 2.45) is 5.92 Å². The van der Waals surface area contributed by atoms with Crippen molar-refractivity contribution in [1.82, 2.24) is 5.32 Å². The van der Waals surface area contributed by atoms with Gasteiger partial charge >= 0.3 is 0 Å². The van der Waals surface area contributed by atoms with Gasteiger partial charge in [-0.2, -0.15) is 0 Å². The molecule has 3 aliphatic rings. The van der Waals surface area contributed by atoms with Crippen LogP contribution in [0.2, 0.25) is 0 Å². The fourth-order valence-electron chi connectivity index (χ4n) is 4.30. The number of hydrogen-bond donors (Lipinski definition) is 1. The van der Waals surface area contributed by atoms with Gasteiger partial charge in [-0.05, 0) is 37.0 Å². The number of benzene rings is 2. The highest BCUT2D eigenvalue weighted by atomic mass is 16.7. The van der Waals surface area contributed by atoms with Crippen LogP contribution in [0.15, 0.2) is 48.5 Å².